The maximum Gasteiger partial charge on any atom is 0.354 e. The van der Waals surface area contributed by atoms with E-state index >= 15 is 0 Å². The number of carbonyl (C=O) groups is 1. The largest absolute Gasteiger partial charge is 0.477 e. The molecule has 0 atom stereocenters. The summed E-state index contributed by atoms with van der Waals surface area (Å²) in [7, 11) is 0. The zero-order valence-electron chi connectivity index (χ0n) is 5.84. The van der Waals surface area contributed by atoms with Crippen molar-refractivity contribution >= 4 is 21.9 Å². The van der Waals surface area contributed by atoms with Crippen LogP contribution in [0.1, 0.15) is 16.1 Å². The Morgan fingerprint density at radius 3 is 2.82 bits per heavy atom. The van der Waals surface area contributed by atoms with E-state index < -0.39 is 5.97 Å². The van der Waals surface area contributed by atoms with Gasteiger partial charge in [-0.05, 0) is 18.6 Å². The highest BCUT2D eigenvalue weighted by Crippen LogP contribution is 2.14. The van der Waals surface area contributed by atoms with Crippen molar-refractivity contribution in [3.63, 3.8) is 0 Å². The fourth-order valence-electron chi connectivity index (χ4n) is 0.616. The summed E-state index contributed by atoms with van der Waals surface area (Å²) in [5.74, 6) is -1.01. The summed E-state index contributed by atoms with van der Waals surface area (Å²) in [5.41, 5.74) is 0.984. The van der Waals surface area contributed by atoms with Crippen molar-refractivity contribution < 1.29 is 9.90 Å². The molecule has 0 saturated carbocycles. The minimum atomic E-state index is -1.01. The molecule has 0 aliphatic heterocycles. The number of pyridine rings is 1. The Hall–Kier alpha value is -0.900. The maximum atomic E-state index is 10.4. The van der Waals surface area contributed by atoms with Gasteiger partial charge >= 0.3 is 5.97 Å². The second-order valence-corrected chi connectivity index (χ2v) is 2.98. The van der Waals surface area contributed by atoms with Crippen LogP contribution in [-0.2, 0) is 0 Å². The van der Waals surface area contributed by atoms with Crippen molar-refractivity contribution in [3.05, 3.63) is 28.0 Å². The Morgan fingerprint density at radius 2 is 2.36 bits per heavy atom. The van der Waals surface area contributed by atoms with Crippen LogP contribution in [0.5, 0.6) is 0 Å². The van der Waals surface area contributed by atoms with E-state index in [2.05, 4.69) is 20.9 Å². The molecule has 0 fully saturated rings. The predicted molar refractivity (Wildman–Crippen MR) is 43.6 cm³/mol. The second-order valence-electron chi connectivity index (χ2n) is 2.12. The summed E-state index contributed by atoms with van der Waals surface area (Å²) < 4.78 is 0.768. The van der Waals surface area contributed by atoms with Crippen LogP contribution in [0.4, 0.5) is 0 Å². The van der Waals surface area contributed by atoms with Crippen LogP contribution in [0.25, 0.3) is 0 Å². The fourth-order valence-corrected chi connectivity index (χ4v) is 0.935. The van der Waals surface area contributed by atoms with Gasteiger partial charge in [0.2, 0.25) is 0 Å². The first-order chi connectivity index (χ1) is 5.11. The molecule has 1 N–H and O–H groups in total. The lowest BCUT2D eigenvalue weighted by Gasteiger charge is -1.97. The summed E-state index contributed by atoms with van der Waals surface area (Å²) in [6, 6.07) is 1.48. The van der Waals surface area contributed by atoms with Crippen LogP contribution >= 0.6 is 15.9 Å². The third-order valence-corrected chi connectivity index (χ3v) is 2.11. The molecule has 0 aliphatic carbocycles. The minimum absolute atomic E-state index is 0.0578. The van der Waals surface area contributed by atoms with Gasteiger partial charge < -0.3 is 5.11 Å². The number of carboxylic acid groups (broad SMARTS) is 1. The van der Waals surface area contributed by atoms with Gasteiger partial charge in [0.05, 0.1) is 0 Å². The molecule has 1 rings (SSSR count). The van der Waals surface area contributed by atoms with E-state index in [4.69, 9.17) is 5.11 Å². The highest BCUT2D eigenvalue weighted by molar-refractivity contribution is 9.10. The lowest BCUT2D eigenvalue weighted by atomic mass is 10.3. The molecule has 4 heteroatoms. The van der Waals surface area contributed by atoms with Crippen LogP contribution in [-0.4, -0.2) is 16.1 Å². The average Bonchev–Trinajstić information content (AvgIpc) is 1.94. The Balaban J connectivity index is 3.15. The summed E-state index contributed by atoms with van der Waals surface area (Å²) in [5, 5.41) is 8.52. The number of hydrogen-bond acceptors (Lipinski definition) is 2. The SMILES string of the molecule is Cc1cnc(C(=O)O)cc1Br. The summed E-state index contributed by atoms with van der Waals surface area (Å²) in [6.07, 6.45) is 1.52. The lowest BCUT2D eigenvalue weighted by molar-refractivity contribution is 0.0690. The number of carboxylic acids is 1. The smallest absolute Gasteiger partial charge is 0.354 e. The third kappa shape index (κ3) is 1.77. The van der Waals surface area contributed by atoms with E-state index in [-0.39, 0.29) is 5.69 Å². The molecule has 0 amide bonds. The molecule has 58 valence electrons. The van der Waals surface area contributed by atoms with Crippen LogP contribution in [0, 0.1) is 6.92 Å². The van der Waals surface area contributed by atoms with E-state index in [1.54, 1.807) is 0 Å². The van der Waals surface area contributed by atoms with Crippen molar-refractivity contribution in [1.82, 2.24) is 4.98 Å². The molecular weight excluding hydrogens is 210 g/mol. The molecular formula is C7H6BrNO2. The van der Waals surface area contributed by atoms with E-state index in [1.165, 1.54) is 12.3 Å². The number of hydrogen-bond donors (Lipinski definition) is 1. The summed E-state index contributed by atoms with van der Waals surface area (Å²) in [6.45, 7) is 1.85. The second kappa shape index (κ2) is 3.00. The van der Waals surface area contributed by atoms with Crippen molar-refractivity contribution in [3.8, 4) is 0 Å². The van der Waals surface area contributed by atoms with Gasteiger partial charge in [-0.3, -0.25) is 0 Å². The topological polar surface area (TPSA) is 50.2 Å². The highest BCUT2D eigenvalue weighted by atomic mass is 79.9. The van der Waals surface area contributed by atoms with E-state index in [0.717, 1.165) is 10.0 Å². The van der Waals surface area contributed by atoms with Crippen LogP contribution < -0.4 is 0 Å². The number of aromatic carboxylic acids is 1. The van der Waals surface area contributed by atoms with Gasteiger partial charge in [-0.1, -0.05) is 15.9 Å². The molecule has 0 bridgehead atoms. The van der Waals surface area contributed by atoms with E-state index in [1.807, 2.05) is 6.92 Å². The maximum absolute atomic E-state index is 10.4. The Morgan fingerprint density at radius 1 is 1.73 bits per heavy atom. The molecule has 0 aromatic carbocycles. The zero-order chi connectivity index (χ0) is 8.43. The van der Waals surface area contributed by atoms with Gasteiger partial charge in [0.25, 0.3) is 0 Å². The van der Waals surface area contributed by atoms with Gasteiger partial charge in [-0.2, -0.15) is 0 Å². The predicted octanol–water partition coefficient (Wildman–Crippen LogP) is 1.85. The molecule has 0 spiro atoms. The number of nitrogens with zero attached hydrogens (tertiary/aromatic N) is 1. The molecule has 11 heavy (non-hydrogen) atoms. The van der Waals surface area contributed by atoms with Crippen LogP contribution in [0.15, 0.2) is 16.7 Å². The van der Waals surface area contributed by atoms with Crippen molar-refractivity contribution in [2.45, 2.75) is 6.92 Å². The van der Waals surface area contributed by atoms with Crippen LogP contribution in [0.2, 0.25) is 0 Å². The van der Waals surface area contributed by atoms with Gasteiger partial charge in [0.15, 0.2) is 0 Å². The number of rotatable bonds is 1. The monoisotopic (exact) mass is 215 g/mol. The summed E-state index contributed by atoms with van der Waals surface area (Å²) >= 11 is 3.21. The Bertz CT molecular complexity index is 298. The molecule has 0 unspecified atom stereocenters. The van der Waals surface area contributed by atoms with Crippen molar-refractivity contribution in [2.24, 2.45) is 0 Å². The van der Waals surface area contributed by atoms with Crippen molar-refractivity contribution in [1.29, 1.82) is 0 Å². The lowest BCUT2D eigenvalue weighted by Crippen LogP contribution is -1.99. The fraction of sp³-hybridized carbons (Fsp3) is 0.143. The van der Waals surface area contributed by atoms with Gasteiger partial charge in [0, 0.05) is 10.7 Å². The minimum Gasteiger partial charge on any atom is -0.477 e. The number of halogens is 1. The van der Waals surface area contributed by atoms with Crippen molar-refractivity contribution in [2.75, 3.05) is 0 Å². The standard InChI is InChI=1S/C7H6BrNO2/c1-4-3-9-6(7(10)11)2-5(4)8/h2-3H,1H3,(H,10,11). The first kappa shape index (κ1) is 8.20. The quantitative estimate of drug-likeness (QED) is 0.779. The number of aryl methyl sites for hydroxylation is 1. The average molecular weight is 216 g/mol. The molecule has 0 radical (unpaired) electrons. The van der Waals surface area contributed by atoms with E-state index in [9.17, 15) is 4.79 Å². The summed E-state index contributed by atoms with van der Waals surface area (Å²) in [4.78, 5) is 14.1. The Labute approximate surface area is 72.2 Å². The molecule has 0 saturated heterocycles. The van der Waals surface area contributed by atoms with Gasteiger partial charge in [-0.15, -0.1) is 0 Å². The number of aromatic nitrogens is 1. The van der Waals surface area contributed by atoms with Gasteiger partial charge in [0.1, 0.15) is 5.69 Å². The highest BCUT2D eigenvalue weighted by Gasteiger charge is 2.04. The molecule has 0 aliphatic rings. The first-order valence-electron chi connectivity index (χ1n) is 2.96. The molecule has 1 heterocycles. The zero-order valence-corrected chi connectivity index (χ0v) is 7.42. The third-order valence-electron chi connectivity index (χ3n) is 1.26. The molecule has 1 aromatic rings. The normalized spacial score (nSPS) is 9.64. The molecule has 3 nitrogen and oxygen atoms in total. The first-order valence-corrected chi connectivity index (χ1v) is 3.76. The molecule has 1 aromatic heterocycles. The van der Waals surface area contributed by atoms with E-state index in [0.29, 0.717) is 0 Å². The van der Waals surface area contributed by atoms with Crippen LogP contribution in [0.3, 0.4) is 0 Å². The van der Waals surface area contributed by atoms with Gasteiger partial charge in [-0.25, -0.2) is 9.78 Å². The Kier molecular flexibility index (Phi) is 2.24.